The Bertz CT molecular complexity index is 813. The molecule has 0 aliphatic heterocycles. The molecule has 24 heavy (non-hydrogen) atoms. The van der Waals surface area contributed by atoms with Crippen LogP contribution in [-0.2, 0) is 10.0 Å². The van der Waals surface area contributed by atoms with Gasteiger partial charge in [0.15, 0.2) is 0 Å². The van der Waals surface area contributed by atoms with E-state index < -0.39 is 10.0 Å². The first-order valence-electron chi connectivity index (χ1n) is 8.03. The standard InChI is InChI=1S/C18H20N2O3S/c21-18(19-15-8-4-5-9-15)14-7-6-12-17(13-14)24(22,23)20-16-10-2-1-3-11-16/h1-3,6-7,10-13,15,20H,4-5,8-9H2,(H,19,21). The van der Waals surface area contributed by atoms with E-state index in [0.717, 1.165) is 25.7 Å². The van der Waals surface area contributed by atoms with Crippen LogP contribution < -0.4 is 10.0 Å². The Labute approximate surface area is 142 Å². The van der Waals surface area contributed by atoms with Crippen LogP contribution in [0.3, 0.4) is 0 Å². The Hall–Kier alpha value is -2.34. The van der Waals surface area contributed by atoms with Crippen molar-refractivity contribution in [3.63, 3.8) is 0 Å². The number of rotatable bonds is 5. The largest absolute Gasteiger partial charge is 0.349 e. The normalized spacial score (nSPS) is 15.2. The first-order valence-corrected chi connectivity index (χ1v) is 9.52. The second kappa shape index (κ2) is 7.05. The second-order valence-corrected chi connectivity index (χ2v) is 7.64. The molecule has 1 aliphatic rings. The third-order valence-electron chi connectivity index (χ3n) is 4.12. The summed E-state index contributed by atoms with van der Waals surface area (Å²) in [7, 11) is -3.73. The molecular formula is C18H20N2O3S. The van der Waals surface area contributed by atoms with Gasteiger partial charge in [-0.1, -0.05) is 37.1 Å². The highest BCUT2D eigenvalue weighted by atomic mass is 32.2. The third kappa shape index (κ3) is 3.94. The van der Waals surface area contributed by atoms with Gasteiger partial charge in [0.2, 0.25) is 0 Å². The number of carbonyl (C=O) groups is 1. The predicted molar refractivity (Wildman–Crippen MR) is 93.4 cm³/mol. The highest BCUT2D eigenvalue weighted by molar-refractivity contribution is 7.92. The van der Waals surface area contributed by atoms with Crippen molar-refractivity contribution in [1.29, 1.82) is 0 Å². The second-order valence-electron chi connectivity index (χ2n) is 5.95. The number of anilines is 1. The summed E-state index contributed by atoms with van der Waals surface area (Å²) in [5.74, 6) is -0.223. The van der Waals surface area contributed by atoms with Crippen molar-refractivity contribution in [1.82, 2.24) is 5.32 Å². The zero-order valence-corrected chi connectivity index (χ0v) is 14.1. The number of para-hydroxylation sites is 1. The van der Waals surface area contributed by atoms with E-state index in [1.165, 1.54) is 12.1 Å². The Morgan fingerprint density at radius 3 is 2.38 bits per heavy atom. The topological polar surface area (TPSA) is 75.3 Å². The molecule has 126 valence electrons. The smallest absolute Gasteiger partial charge is 0.261 e. The average Bonchev–Trinajstić information content (AvgIpc) is 3.08. The van der Waals surface area contributed by atoms with E-state index in [2.05, 4.69) is 10.0 Å². The van der Waals surface area contributed by atoms with Gasteiger partial charge in [-0.15, -0.1) is 0 Å². The van der Waals surface area contributed by atoms with Gasteiger partial charge in [0, 0.05) is 17.3 Å². The Balaban J connectivity index is 1.77. The van der Waals surface area contributed by atoms with Crippen molar-refractivity contribution in [2.24, 2.45) is 0 Å². The summed E-state index contributed by atoms with van der Waals surface area (Å²) < 4.78 is 27.5. The molecule has 2 N–H and O–H groups in total. The van der Waals surface area contributed by atoms with Crippen molar-refractivity contribution < 1.29 is 13.2 Å². The molecule has 0 unspecified atom stereocenters. The molecule has 0 radical (unpaired) electrons. The van der Waals surface area contributed by atoms with Crippen LogP contribution in [0, 0.1) is 0 Å². The van der Waals surface area contributed by atoms with E-state index in [0.29, 0.717) is 11.3 Å². The Morgan fingerprint density at radius 1 is 0.958 bits per heavy atom. The van der Waals surface area contributed by atoms with E-state index >= 15 is 0 Å². The summed E-state index contributed by atoms with van der Waals surface area (Å²) in [5, 5.41) is 2.97. The molecule has 0 bridgehead atoms. The Morgan fingerprint density at radius 2 is 1.67 bits per heavy atom. The molecule has 1 saturated carbocycles. The fourth-order valence-electron chi connectivity index (χ4n) is 2.86. The lowest BCUT2D eigenvalue weighted by atomic mass is 10.2. The van der Waals surface area contributed by atoms with Gasteiger partial charge in [-0.2, -0.15) is 0 Å². The summed E-state index contributed by atoms with van der Waals surface area (Å²) in [6.45, 7) is 0. The molecule has 0 atom stereocenters. The molecule has 6 heteroatoms. The number of sulfonamides is 1. The van der Waals surface area contributed by atoms with Crippen molar-refractivity contribution in [2.75, 3.05) is 4.72 Å². The summed E-state index contributed by atoms with van der Waals surface area (Å²) in [6.07, 6.45) is 4.22. The van der Waals surface area contributed by atoms with Crippen molar-refractivity contribution in [2.45, 2.75) is 36.6 Å². The predicted octanol–water partition coefficient (Wildman–Crippen LogP) is 3.16. The quantitative estimate of drug-likeness (QED) is 0.875. The first kappa shape index (κ1) is 16.5. The van der Waals surface area contributed by atoms with Crippen molar-refractivity contribution in [3.8, 4) is 0 Å². The molecule has 3 rings (SSSR count). The fourth-order valence-corrected chi connectivity index (χ4v) is 3.97. The van der Waals surface area contributed by atoms with Gasteiger partial charge in [0.25, 0.3) is 15.9 Å². The highest BCUT2D eigenvalue weighted by Crippen LogP contribution is 2.20. The molecule has 5 nitrogen and oxygen atoms in total. The van der Waals surface area contributed by atoms with Crippen LogP contribution in [0.15, 0.2) is 59.5 Å². The van der Waals surface area contributed by atoms with Crippen molar-refractivity contribution >= 4 is 21.6 Å². The lowest BCUT2D eigenvalue weighted by Gasteiger charge is -2.13. The summed E-state index contributed by atoms with van der Waals surface area (Å²) in [6, 6.07) is 15.0. The number of hydrogen-bond donors (Lipinski definition) is 2. The minimum atomic E-state index is -3.73. The fraction of sp³-hybridized carbons (Fsp3) is 0.278. The molecule has 2 aromatic rings. The van der Waals surface area contributed by atoms with Crippen LogP contribution in [0.2, 0.25) is 0 Å². The number of benzene rings is 2. The van der Waals surface area contributed by atoms with Gasteiger partial charge in [0.1, 0.15) is 0 Å². The number of nitrogens with one attached hydrogen (secondary N) is 2. The number of carbonyl (C=O) groups excluding carboxylic acids is 1. The van der Waals surface area contributed by atoms with E-state index in [9.17, 15) is 13.2 Å². The van der Waals surface area contributed by atoms with Gasteiger partial charge < -0.3 is 5.32 Å². The molecular weight excluding hydrogens is 324 g/mol. The molecule has 0 spiro atoms. The molecule has 1 fully saturated rings. The average molecular weight is 344 g/mol. The lowest BCUT2D eigenvalue weighted by molar-refractivity contribution is 0.0937. The number of hydrogen-bond acceptors (Lipinski definition) is 3. The van der Waals surface area contributed by atoms with Crippen LogP contribution in [0.4, 0.5) is 5.69 Å². The minimum absolute atomic E-state index is 0.0745. The zero-order chi connectivity index (χ0) is 17.0. The highest BCUT2D eigenvalue weighted by Gasteiger charge is 2.20. The van der Waals surface area contributed by atoms with Crippen LogP contribution in [0.1, 0.15) is 36.0 Å². The molecule has 1 amide bonds. The molecule has 0 saturated heterocycles. The lowest BCUT2D eigenvalue weighted by Crippen LogP contribution is -2.32. The molecule has 2 aromatic carbocycles. The minimum Gasteiger partial charge on any atom is -0.349 e. The SMILES string of the molecule is O=C(NC1CCCC1)c1cccc(S(=O)(=O)Nc2ccccc2)c1. The van der Waals surface area contributed by atoms with E-state index in [1.54, 1.807) is 36.4 Å². The van der Waals surface area contributed by atoms with Gasteiger partial charge in [0.05, 0.1) is 4.90 Å². The Kier molecular flexibility index (Phi) is 4.85. The maximum atomic E-state index is 12.5. The third-order valence-corrected chi connectivity index (χ3v) is 5.50. The maximum absolute atomic E-state index is 12.5. The summed E-state index contributed by atoms with van der Waals surface area (Å²) in [5.41, 5.74) is 0.844. The van der Waals surface area contributed by atoms with Gasteiger partial charge in [-0.05, 0) is 43.2 Å². The van der Waals surface area contributed by atoms with Gasteiger partial charge in [-0.3, -0.25) is 9.52 Å². The van der Waals surface area contributed by atoms with Crippen molar-refractivity contribution in [3.05, 3.63) is 60.2 Å². The molecule has 1 aliphatic carbocycles. The number of amides is 1. The van der Waals surface area contributed by atoms with Crippen LogP contribution in [0.5, 0.6) is 0 Å². The first-order chi connectivity index (χ1) is 11.5. The molecule has 0 aromatic heterocycles. The van der Waals surface area contributed by atoms with Gasteiger partial charge in [-0.25, -0.2) is 8.42 Å². The summed E-state index contributed by atoms with van der Waals surface area (Å²) >= 11 is 0. The molecule has 0 heterocycles. The van der Waals surface area contributed by atoms with Crippen LogP contribution in [-0.4, -0.2) is 20.4 Å². The van der Waals surface area contributed by atoms with E-state index in [1.807, 2.05) is 6.07 Å². The zero-order valence-electron chi connectivity index (χ0n) is 13.2. The van der Waals surface area contributed by atoms with Crippen LogP contribution >= 0.6 is 0 Å². The van der Waals surface area contributed by atoms with Crippen LogP contribution in [0.25, 0.3) is 0 Å². The summed E-state index contributed by atoms with van der Waals surface area (Å²) in [4.78, 5) is 12.4. The maximum Gasteiger partial charge on any atom is 0.261 e. The van der Waals surface area contributed by atoms with E-state index in [4.69, 9.17) is 0 Å². The monoisotopic (exact) mass is 344 g/mol. The van der Waals surface area contributed by atoms with E-state index in [-0.39, 0.29) is 16.8 Å². The van der Waals surface area contributed by atoms with Gasteiger partial charge >= 0.3 is 0 Å².